The van der Waals surface area contributed by atoms with Crippen molar-refractivity contribution in [3.8, 4) is 0 Å². The van der Waals surface area contributed by atoms with Gasteiger partial charge in [-0.15, -0.1) is 0 Å². The van der Waals surface area contributed by atoms with Gasteiger partial charge in [-0.05, 0) is 31.5 Å². The summed E-state index contributed by atoms with van der Waals surface area (Å²) in [7, 11) is 0. The van der Waals surface area contributed by atoms with Gasteiger partial charge in [0.2, 0.25) is 0 Å². The molecule has 0 aliphatic heterocycles. The Hall–Kier alpha value is -1.81. The molecule has 0 fully saturated rings. The van der Waals surface area contributed by atoms with Crippen LogP contribution < -0.4 is 5.32 Å². The summed E-state index contributed by atoms with van der Waals surface area (Å²) >= 11 is 5.89. The molecule has 0 radical (unpaired) electrons. The van der Waals surface area contributed by atoms with Crippen LogP contribution in [-0.2, 0) is 6.54 Å². The number of halogens is 1. The van der Waals surface area contributed by atoms with Crippen LogP contribution in [-0.4, -0.2) is 16.1 Å². The zero-order valence-electron chi connectivity index (χ0n) is 10.2. The van der Waals surface area contributed by atoms with Crippen LogP contribution in [0.5, 0.6) is 0 Å². The highest BCUT2D eigenvalue weighted by Gasteiger charge is 2.10. The van der Waals surface area contributed by atoms with Crippen LogP contribution in [0, 0.1) is 13.8 Å². The Balaban J connectivity index is 2.08. The van der Waals surface area contributed by atoms with E-state index in [1.54, 1.807) is 18.3 Å². The van der Waals surface area contributed by atoms with Gasteiger partial charge in [0.1, 0.15) is 0 Å². The Labute approximate surface area is 110 Å². The second-order valence-corrected chi connectivity index (χ2v) is 4.60. The van der Waals surface area contributed by atoms with E-state index in [9.17, 15) is 4.79 Å². The number of nitrogens with one attached hydrogen (secondary N) is 2. The molecule has 0 unspecified atom stereocenters. The predicted molar refractivity (Wildman–Crippen MR) is 70.7 cm³/mol. The molecule has 1 aromatic heterocycles. The average Bonchev–Trinajstić information content (AvgIpc) is 2.75. The largest absolute Gasteiger partial charge is 0.348 e. The van der Waals surface area contributed by atoms with E-state index < -0.39 is 0 Å². The average molecular weight is 264 g/mol. The second kappa shape index (κ2) is 5.23. The third-order valence-electron chi connectivity index (χ3n) is 2.82. The van der Waals surface area contributed by atoms with Gasteiger partial charge in [0.25, 0.3) is 5.91 Å². The van der Waals surface area contributed by atoms with Gasteiger partial charge in [0.05, 0.1) is 6.20 Å². The molecular weight excluding hydrogens is 250 g/mol. The van der Waals surface area contributed by atoms with Crippen LogP contribution in [0.15, 0.2) is 24.4 Å². The van der Waals surface area contributed by atoms with E-state index in [0.29, 0.717) is 17.1 Å². The molecule has 94 valence electrons. The first-order valence-electron chi connectivity index (χ1n) is 5.61. The fourth-order valence-electron chi connectivity index (χ4n) is 1.66. The van der Waals surface area contributed by atoms with Crippen molar-refractivity contribution in [2.75, 3.05) is 0 Å². The van der Waals surface area contributed by atoms with Gasteiger partial charge in [0.15, 0.2) is 0 Å². The van der Waals surface area contributed by atoms with E-state index in [4.69, 9.17) is 11.6 Å². The van der Waals surface area contributed by atoms with E-state index in [1.807, 2.05) is 19.9 Å². The summed E-state index contributed by atoms with van der Waals surface area (Å²) in [6.45, 7) is 4.25. The lowest BCUT2D eigenvalue weighted by molar-refractivity contribution is 0.0950. The van der Waals surface area contributed by atoms with E-state index in [2.05, 4.69) is 15.5 Å². The summed E-state index contributed by atoms with van der Waals surface area (Å²) in [5.74, 6) is -0.129. The van der Waals surface area contributed by atoms with Crippen LogP contribution in [0.4, 0.5) is 0 Å². The van der Waals surface area contributed by atoms with Crippen molar-refractivity contribution < 1.29 is 4.79 Å². The Morgan fingerprint density at radius 2 is 2.22 bits per heavy atom. The topological polar surface area (TPSA) is 57.8 Å². The number of carbonyl (C=O) groups excluding carboxylic acids is 1. The Bertz CT molecular complexity index is 577. The molecule has 0 atom stereocenters. The quantitative estimate of drug-likeness (QED) is 0.894. The van der Waals surface area contributed by atoms with Gasteiger partial charge in [-0.1, -0.05) is 17.7 Å². The number of aryl methyl sites for hydroxylation is 2. The number of nitrogens with zero attached hydrogens (tertiary/aromatic N) is 1. The van der Waals surface area contributed by atoms with Crippen molar-refractivity contribution in [1.82, 2.24) is 15.5 Å². The van der Waals surface area contributed by atoms with E-state index >= 15 is 0 Å². The fraction of sp³-hybridized carbons (Fsp3) is 0.231. The molecular formula is C13H14ClN3O. The highest BCUT2D eigenvalue weighted by molar-refractivity contribution is 6.31. The molecule has 5 heteroatoms. The van der Waals surface area contributed by atoms with Crippen LogP contribution in [0.3, 0.4) is 0 Å². The normalized spacial score (nSPS) is 10.4. The van der Waals surface area contributed by atoms with Crippen LogP contribution >= 0.6 is 11.6 Å². The number of aromatic amines is 1. The molecule has 0 bridgehead atoms. The molecule has 0 saturated heterocycles. The maximum atomic E-state index is 12.0. The molecule has 0 saturated carbocycles. The summed E-state index contributed by atoms with van der Waals surface area (Å²) in [5.41, 5.74) is 3.44. The lowest BCUT2D eigenvalue weighted by atomic mass is 10.1. The van der Waals surface area contributed by atoms with Gasteiger partial charge >= 0.3 is 0 Å². The minimum atomic E-state index is -0.129. The molecule has 4 nitrogen and oxygen atoms in total. The fourth-order valence-corrected chi connectivity index (χ4v) is 1.84. The first kappa shape index (κ1) is 12.6. The minimum Gasteiger partial charge on any atom is -0.348 e. The van der Waals surface area contributed by atoms with Crippen LogP contribution in [0.25, 0.3) is 0 Å². The summed E-state index contributed by atoms with van der Waals surface area (Å²) in [4.78, 5) is 12.0. The van der Waals surface area contributed by atoms with Crippen molar-refractivity contribution in [3.63, 3.8) is 0 Å². The summed E-state index contributed by atoms with van der Waals surface area (Å²) in [5, 5.41) is 10.1. The standard InChI is InChI=1S/C13H14ClN3O/c1-8-3-4-11(14)5-12(8)13(18)15-6-10-7-16-17-9(10)2/h3-5,7H,6H2,1-2H3,(H,15,18)(H,16,17). The number of rotatable bonds is 3. The number of amides is 1. The maximum Gasteiger partial charge on any atom is 0.251 e. The molecule has 18 heavy (non-hydrogen) atoms. The van der Waals surface area contributed by atoms with Crippen molar-refractivity contribution in [2.45, 2.75) is 20.4 Å². The molecule has 2 aromatic rings. The number of carbonyl (C=O) groups is 1. The highest BCUT2D eigenvalue weighted by Crippen LogP contribution is 2.15. The van der Waals surface area contributed by atoms with E-state index in [0.717, 1.165) is 16.8 Å². The van der Waals surface area contributed by atoms with Crippen molar-refractivity contribution >= 4 is 17.5 Å². The van der Waals surface area contributed by atoms with Gasteiger partial charge in [0, 0.05) is 28.4 Å². The first-order valence-corrected chi connectivity index (χ1v) is 5.99. The Kier molecular flexibility index (Phi) is 3.67. The lowest BCUT2D eigenvalue weighted by Gasteiger charge is -2.07. The molecule has 2 N–H and O–H groups in total. The van der Waals surface area contributed by atoms with E-state index in [-0.39, 0.29) is 5.91 Å². The van der Waals surface area contributed by atoms with Gasteiger partial charge in [-0.3, -0.25) is 9.89 Å². The lowest BCUT2D eigenvalue weighted by Crippen LogP contribution is -2.23. The highest BCUT2D eigenvalue weighted by atomic mass is 35.5. The zero-order chi connectivity index (χ0) is 13.1. The number of H-pyrrole nitrogens is 1. The smallest absolute Gasteiger partial charge is 0.251 e. The zero-order valence-corrected chi connectivity index (χ0v) is 11.0. The van der Waals surface area contributed by atoms with Crippen LogP contribution in [0.2, 0.25) is 5.02 Å². The van der Waals surface area contributed by atoms with Gasteiger partial charge < -0.3 is 5.32 Å². The summed E-state index contributed by atoms with van der Waals surface area (Å²) in [6.07, 6.45) is 1.71. The second-order valence-electron chi connectivity index (χ2n) is 4.16. The number of benzene rings is 1. The molecule has 0 aliphatic carbocycles. The van der Waals surface area contributed by atoms with Gasteiger partial charge in [-0.2, -0.15) is 5.10 Å². The molecule has 1 heterocycles. The van der Waals surface area contributed by atoms with Crippen molar-refractivity contribution in [3.05, 3.63) is 51.8 Å². The van der Waals surface area contributed by atoms with Gasteiger partial charge in [-0.25, -0.2) is 0 Å². The third-order valence-corrected chi connectivity index (χ3v) is 3.05. The molecule has 1 amide bonds. The molecule has 0 spiro atoms. The number of aromatic nitrogens is 2. The third kappa shape index (κ3) is 2.71. The monoisotopic (exact) mass is 263 g/mol. The van der Waals surface area contributed by atoms with Crippen molar-refractivity contribution in [1.29, 1.82) is 0 Å². The summed E-state index contributed by atoms with van der Waals surface area (Å²) < 4.78 is 0. The Morgan fingerprint density at radius 1 is 1.44 bits per heavy atom. The molecule has 0 aliphatic rings. The molecule has 2 rings (SSSR count). The minimum absolute atomic E-state index is 0.129. The number of hydrogen-bond donors (Lipinski definition) is 2. The van der Waals surface area contributed by atoms with E-state index in [1.165, 1.54) is 0 Å². The molecule has 1 aromatic carbocycles. The van der Waals surface area contributed by atoms with Crippen molar-refractivity contribution in [2.24, 2.45) is 0 Å². The summed E-state index contributed by atoms with van der Waals surface area (Å²) in [6, 6.07) is 5.28. The maximum absolute atomic E-state index is 12.0. The number of hydrogen-bond acceptors (Lipinski definition) is 2. The van der Waals surface area contributed by atoms with Crippen LogP contribution in [0.1, 0.15) is 27.2 Å². The SMILES string of the molecule is Cc1ccc(Cl)cc1C(=O)NCc1cn[nH]c1C. The first-order chi connectivity index (χ1) is 8.58. The predicted octanol–water partition coefficient (Wildman–Crippen LogP) is 2.61. The Morgan fingerprint density at radius 3 is 2.89 bits per heavy atom.